The maximum absolute atomic E-state index is 12.0. The predicted octanol–water partition coefficient (Wildman–Crippen LogP) is 2.52. The second-order valence-corrected chi connectivity index (χ2v) is 5.97. The average molecular weight is 286 g/mol. The summed E-state index contributed by atoms with van der Waals surface area (Å²) >= 11 is 0. The monoisotopic (exact) mass is 286 g/mol. The first-order valence-electron chi connectivity index (χ1n) is 7.74. The fourth-order valence-electron chi connectivity index (χ4n) is 3.04. The van der Waals surface area contributed by atoms with Crippen molar-refractivity contribution >= 4 is 16.8 Å². The van der Waals surface area contributed by atoms with Crippen LogP contribution >= 0.6 is 0 Å². The first-order valence-corrected chi connectivity index (χ1v) is 7.74. The highest BCUT2D eigenvalue weighted by atomic mass is 16.3. The van der Waals surface area contributed by atoms with E-state index in [0.29, 0.717) is 6.42 Å². The van der Waals surface area contributed by atoms with Gasteiger partial charge in [0.25, 0.3) is 0 Å². The van der Waals surface area contributed by atoms with Gasteiger partial charge >= 0.3 is 0 Å². The molecule has 2 aromatic rings. The van der Waals surface area contributed by atoms with Crippen molar-refractivity contribution < 1.29 is 9.90 Å². The molecule has 4 nitrogen and oxygen atoms in total. The van der Waals surface area contributed by atoms with Gasteiger partial charge in [0.2, 0.25) is 5.91 Å². The molecular weight excluding hydrogens is 264 g/mol. The Kier molecular flexibility index (Phi) is 4.25. The molecule has 1 saturated carbocycles. The lowest BCUT2D eigenvalue weighted by Gasteiger charge is -2.26. The molecule has 0 spiro atoms. The van der Waals surface area contributed by atoms with Crippen LogP contribution in [0.3, 0.4) is 0 Å². The molecule has 0 bridgehead atoms. The summed E-state index contributed by atoms with van der Waals surface area (Å²) in [5, 5.41) is 13.7. The minimum Gasteiger partial charge on any atom is -0.393 e. The van der Waals surface area contributed by atoms with E-state index in [-0.39, 0.29) is 18.1 Å². The number of H-pyrrole nitrogens is 1. The van der Waals surface area contributed by atoms with Crippen LogP contribution in [0.1, 0.15) is 37.7 Å². The molecule has 3 rings (SSSR count). The number of benzene rings is 1. The molecule has 0 aliphatic heterocycles. The normalized spacial score (nSPS) is 22.3. The van der Waals surface area contributed by atoms with Crippen LogP contribution in [-0.4, -0.2) is 28.1 Å². The van der Waals surface area contributed by atoms with Crippen LogP contribution in [0.5, 0.6) is 0 Å². The average Bonchev–Trinajstić information content (AvgIpc) is 2.95. The van der Waals surface area contributed by atoms with Gasteiger partial charge in [0.15, 0.2) is 0 Å². The number of aliphatic hydroxyl groups excluding tert-OH is 1. The Bertz CT molecular complexity index is 612. The molecule has 112 valence electrons. The van der Waals surface area contributed by atoms with E-state index in [0.717, 1.165) is 37.6 Å². The second-order valence-electron chi connectivity index (χ2n) is 5.97. The zero-order valence-electron chi connectivity index (χ0n) is 12.1. The van der Waals surface area contributed by atoms with E-state index in [9.17, 15) is 9.90 Å². The molecule has 1 heterocycles. The molecule has 0 radical (unpaired) electrons. The van der Waals surface area contributed by atoms with Crippen LogP contribution in [0.15, 0.2) is 30.5 Å². The van der Waals surface area contributed by atoms with Gasteiger partial charge in [0.05, 0.1) is 6.10 Å². The molecule has 1 aromatic heterocycles. The number of nitrogens with one attached hydrogen (secondary N) is 2. The summed E-state index contributed by atoms with van der Waals surface area (Å²) in [6, 6.07) is 8.56. The smallest absolute Gasteiger partial charge is 0.220 e. The minimum atomic E-state index is -0.175. The fourth-order valence-corrected chi connectivity index (χ4v) is 3.04. The van der Waals surface area contributed by atoms with Crippen molar-refractivity contribution in [3.05, 3.63) is 36.0 Å². The van der Waals surface area contributed by atoms with E-state index in [1.54, 1.807) is 0 Å². The number of aromatic amines is 1. The summed E-state index contributed by atoms with van der Waals surface area (Å²) < 4.78 is 0. The van der Waals surface area contributed by atoms with Crippen LogP contribution in [0.25, 0.3) is 10.9 Å². The Hall–Kier alpha value is -1.81. The van der Waals surface area contributed by atoms with E-state index >= 15 is 0 Å². The maximum Gasteiger partial charge on any atom is 0.220 e. The number of fused-ring (bicyclic) bond motifs is 1. The number of rotatable bonds is 4. The second kappa shape index (κ2) is 6.31. The molecule has 1 amide bonds. The number of aromatic nitrogens is 1. The quantitative estimate of drug-likeness (QED) is 0.808. The SMILES string of the molecule is O=C(CCc1ccc2[nH]ccc2c1)NC1CCC(O)CC1. The number of carbonyl (C=O) groups excluding carboxylic acids is 1. The number of aryl methyl sites for hydroxylation is 1. The fraction of sp³-hybridized carbons (Fsp3) is 0.471. The first-order chi connectivity index (χ1) is 10.2. The highest BCUT2D eigenvalue weighted by Gasteiger charge is 2.20. The van der Waals surface area contributed by atoms with Gasteiger partial charge in [-0.2, -0.15) is 0 Å². The molecule has 1 aliphatic rings. The summed E-state index contributed by atoms with van der Waals surface area (Å²) in [6.45, 7) is 0. The Balaban J connectivity index is 1.48. The molecule has 1 aliphatic carbocycles. The predicted molar refractivity (Wildman–Crippen MR) is 83.0 cm³/mol. The molecule has 0 unspecified atom stereocenters. The van der Waals surface area contributed by atoms with Gasteiger partial charge in [-0.15, -0.1) is 0 Å². The van der Waals surface area contributed by atoms with Gasteiger partial charge in [0, 0.05) is 24.2 Å². The van der Waals surface area contributed by atoms with Gasteiger partial charge in [-0.05, 0) is 61.3 Å². The van der Waals surface area contributed by atoms with Crippen molar-refractivity contribution in [3.8, 4) is 0 Å². The van der Waals surface area contributed by atoms with Gasteiger partial charge < -0.3 is 15.4 Å². The molecular formula is C17H22N2O2. The van der Waals surface area contributed by atoms with E-state index in [1.807, 2.05) is 12.3 Å². The Morgan fingerprint density at radius 2 is 2.05 bits per heavy atom. The van der Waals surface area contributed by atoms with Crippen LogP contribution in [0.4, 0.5) is 0 Å². The third-order valence-electron chi connectivity index (χ3n) is 4.32. The Labute approximate surface area is 124 Å². The molecule has 4 heteroatoms. The number of hydrogen-bond acceptors (Lipinski definition) is 2. The number of carbonyl (C=O) groups is 1. The third kappa shape index (κ3) is 3.64. The van der Waals surface area contributed by atoms with Gasteiger partial charge in [-0.25, -0.2) is 0 Å². The van der Waals surface area contributed by atoms with Crippen LogP contribution < -0.4 is 5.32 Å². The summed E-state index contributed by atoms with van der Waals surface area (Å²) in [6.07, 6.45) is 6.43. The van der Waals surface area contributed by atoms with E-state index < -0.39 is 0 Å². The Morgan fingerprint density at radius 1 is 1.24 bits per heavy atom. The highest BCUT2D eigenvalue weighted by molar-refractivity contribution is 5.80. The van der Waals surface area contributed by atoms with Crippen LogP contribution in [-0.2, 0) is 11.2 Å². The summed E-state index contributed by atoms with van der Waals surface area (Å²) in [7, 11) is 0. The lowest BCUT2D eigenvalue weighted by atomic mass is 9.93. The van der Waals surface area contributed by atoms with Crippen molar-refractivity contribution in [1.29, 1.82) is 0 Å². The van der Waals surface area contributed by atoms with Crippen molar-refractivity contribution in [2.24, 2.45) is 0 Å². The van der Waals surface area contributed by atoms with E-state index in [4.69, 9.17) is 0 Å². The molecule has 1 aromatic carbocycles. The van der Waals surface area contributed by atoms with Crippen molar-refractivity contribution in [2.45, 2.75) is 50.7 Å². The number of aliphatic hydroxyl groups is 1. The minimum absolute atomic E-state index is 0.116. The largest absolute Gasteiger partial charge is 0.393 e. The standard InChI is InChI=1S/C17H22N2O2/c20-15-5-3-14(4-6-15)19-17(21)8-2-12-1-7-16-13(11-12)9-10-18-16/h1,7,9-11,14-15,18,20H,2-6,8H2,(H,19,21). The lowest BCUT2D eigenvalue weighted by molar-refractivity contribution is -0.122. The van der Waals surface area contributed by atoms with Crippen molar-refractivity contribution in [1.82, 2.24) is 10.3 Å². The van der Waals surface area contributed by atoms with Crippen LogP contribution in [0.2, 0.25) is 0 Å². The van der Waals surface area contributed by atoms with Gasteiger partial charge in [0.1, 0.15) is 0 Å². The molecule has 0 saturated heterocycles. The van der Waals surface area contributed by atoms with E-state index in [1.165, 1.54) is 10.9 Å². The van der Waals surface area contributed by atoms with E-state index in [2.05, 4.69) is 28.5 Å². The Morgan fingerprint density at radius 3 is 2.86 bits per heavy atom. The van der Waals surface area contributed by atoms with Gasteiger partial charge in [-0.3, -0.25) is 4.79 Å². The zero-order valence-corrected chi connectivity index (χ0v) is 12.1. The summed E-state index contributed by atoms with van der Waals surface area (Å²) in [5.74, 6) is 0.116. The number of amides is 1. The molecule has 3 N–H and O–H groups in total. The summed E-state index contributed by atoms with van der Waals surface area (Å²) in [5.41, 5.74) is 2.32. The zero-order chi connectivity index (χ0) is 14.7. The summed E-state index contributed by atoms with van der Waals surface area (Å²) in [4.78, 5) is 15.2. The van der Waals surface area contributed by atoms with Crippen molar-refractivity contribution in [2.75, 3.05) is 0 Å². The number of hydrogen-bond donors (Lipinski definition) is 3. The highest BCUT2D eigenvalue weighted by Crippen LogP contribution is 2.19. The molecule has 21 heavy (non-hydrogen) atoms. The lowest BCUT2D eigenvalue weighted by Crippen LogP contribution is -2.38. The van der Waals surface area contributed by atoms with Crippen molar-refractivity contribution in [3.63, 3.8) is 0 Å². The third-order valence-corrected chi connectivity index (χ3v) is 4.32. The topological polar surface area (TPSA) is 65.1 Å². The molecule has 1 fully saturated rings. The van der Waals surface area contributed by atoms with Gasteiger partial charge in [-0.1, -0.05) is 6.07 Å². The van der Waals surface area contributed by atoms with Crippen LogP contribution in [0, 0.1) is 0 Å². The molecule has 0 atom stereocenters. The maximum atomic E-state index is 12.0. The first kappa shape index (κ1) is 14.1.